The van der Waals surface area contributed by atoms with E-state index in [1.807, 2.05) is 0 Å². The zero-order valence-electron chi connectivity index (χ0n) is 19.5. The molecule has 0 aromatic heterocycles. The Kier molecular flexibility index (Phi) is 9.01. The van der Waals surface area contributed by atoms with Crippen molar-refractivity contribution in [3.8, 4) is 0 Å². The van der Waals surface area contributed by atoms with E-state index in [9.17, 15) is 22.4 Å². The Morgan fingerprint density at radius 1 is 1.11 bits per heavy atom. The number of carbonyl (C=O) groups excluding carboxylic acids is 2. The molecule has 3 rings (SSSR count). The van der Waals surface area contributed by atoms with Gasteiger partial charge in [-0.15, -0.1) is 0 Å². The average molecular weight is 544 g/mol. The van der Waals surface area contributed by atoms with Crippen molar-refractivity contribution in [2.45, 2.75) is 51.2 Å². The van der Waals surface area contributed by atoms with E-state index in [-0.39, 0.29) is 24.2 Å². The molecule has 1 fully saturated rings. The van der Waals surface area contributed by atoms with Gasteiger partial charge in [-0.25, -0.2) is 12.8 Å². The van der Waals surface area contributed by atoms with Crippen molar-refractivity contribution in [1.29, 1.82) is 0 Å². The van der Waals surface area contributed by atoms with Crippen LogP contribution in [0.4, 0.5) is 10.1 Å². The monoisotopic (exact) mass is 543 g/mol. The minimum Gasteiger partial charge on any atom is -0.352 e. The van der Waals surface area contributed by atoms with Crippen molar-refractivity contribution in [3.63, 3.8) is 0 Å². The van der Waals surface area contributed by atoms with E-state index in [0.717, 1.165) is 42.3 Å². The Balaban J connectivity index is 1.92. The number of sulfonamides is 1. The van der Waals surface area contributed by atoms with Gasteiger partial charge in [0.15, 0.2) is 0 Å². The summed E-state index contributed by atoms with van der Waals surface area (Å²) >= 11 is 12.6. The Morgan fingerprint density at radius 3 is 2.29 bits per heavy atom. The predicted molar refractivity (Wildman–Crippen MR) is 135 cm³/mol. The lowest BCUT2D eigenvalue weighted by Gasteiger charge is -2.32. The zero-order valence-corrected chi connectivity index (χ0v) is 21.8. The van der Waals surface area contributed by atoms with Crippen LogP contribution in [0, 0.1) is 5.82 Å². The molecule has 1 aliphatic rings. The number of hydrogen-bond donors (Lipinski definition) is 1. The second-order valence-electron chi connectivity index (χ2n) is 8.64. The maximum atomic E-state index is 13.8. The van der Waals surface area contributed by atoms with Gasteiger partial charge in [-0.3, -0.25) is 13.9 Å². The summed E-state index contributed by atoms with van der Waals surface area (Å²) in [6.07, 6.45) is 4.70. The zero-order chi connectivity index (χ0) is 25.8. The lowest BCUT2D eigenvalue weighted by Crippen LogP contribution is -2.52. The molecule has 0 unspecified atom stereocenters. The molecule has 0 aliphatic heterocycles. The first kappa shape index (κ1) is 27.2. The van der Waals surface area contributed by atoms with Crippen LogP contribution in [-0.4, -0.2) is 50.0 Å². The lowest BCUT2D eigenvalue weighted by molar-refractivity contribution is -0.139. The molecule has 11 heteroatoms. The molecule has 190 valence electrons. The Morgan fingerprint density at radius 2 is 1.71 bits per heavy atom. The second-order valence-corrected chi connectivity index (χ2v) is 11.4. The molecule has 0 bridgehead atoms. The summed E-state index contributed by atoms with van der Waals surface area (Å²) in [6.45, 7) is 0.822. The fourth-order valence-corrected chi connectivity index (χ4v) is 5.43. The number of nitrogens with one attached hydrogen (secondary N) is 1. The SMILES string of the molecule is C[C@H](C(=O)NC1CCCC1)N(Cc1c(Cl)cccc1Cl)C(=O)CN(c1cccc(F)c1)S(C)(=O)=O. The average Bonchev–Trinajstić information content (AvgIpc) is 3.29. The van der Waals surface area contributed by atoms with E-state index in [2.05, 4.69) is 5.32 Å². The number of hydrogen-bond acceptors (Lipinski definition) is 4. The second kappa shape index (κ2) is 11.6. The fourth-order valence-electron chi connectivity index (χ4n) is 4.07. The first-order chi connectivity index (χ1) is 16.5. The molecule has 1 saturated carbocycles. The molecule has 7 nitrogen and oxygen atoms in total. The third-order valence-corrected chi connectivity index (χ3v) is 7.88. The van der Waals surface area contributed by atoms with Gasteiger partial charge in [-0.2, -0.15) is 0 Å². The summed E-state index contributed by atoms with van der Waals surface area (Å²) < 4.78 is 39.6. The molecule has 2 aromatic rings. The van der Waals surface area contributed by atoms with E-state index < -0.39 is 34.3 Å². The summed E-state index contributed by atoms with van der Waals surface area (Å²) in [5.74, 6) is -1.66. The van der Waals surface area contributed by atoms with E-state index in [4.69, 9.17) is 23.2 Å². The first-order valence-electron chi connectivity index (χ1n) is 11.2. The summed E-state index contributed by atoms with van der Waals surface area (Å²) in [5, 5.41) is 3.59. The standard InChI is InChI=1S/C24H28Cl2FN3O4S/c1-16(24(32)28-18-8-3-4-9-18)29(14-20-21(25)11-6-12-22(20)26)23(31)15-30(35(2,33)34)19-10-5-7-17(27)13-19/h5-7,10-13,16,18H,3-4,8-9,14-15H2,1-2H3,(H,28,32)/t16-/m1/s1. The van der Waals surface area contributed by atoms with Gasteiger partial charge in [0, 0.05) is 28.2 Å². The van der Waals surface area contributed by atoms with Gasteiger partial charge in [0.05, 0.1) is 11.9 Å². The third-order valence-electron chi connectivity index (χ3n) is 6.03. The predicted octanol–water partition coefficient (Wildman–Crippen LogP) is 4.37. The fraction of sp³-hybridized carbons (Fsp3) is 0.417. The van der Waals surface area contributed by atoms with Crippen LogP contribution in [0.1, 0.15) is 38.2 Å². The molecule has 35 heavy (non-hydrogen) atoms. The molecule has 2 amide bonds. The Labute approximate surface area is 215 Å². The minimum absolute atomic E-state index is 0.000337. The summed E-state index contributed by atoms with van der Waals surface area (Å²) in [4.78, 5) is 27.8. The van der Waals surface area contributed by atoms with Crippen LogP contribution >= 0.6 is 23.2 Å². The quantitative estimate of drug-likeness (QED) is 0.508. The van der Waals surface area contributed by atoms with Crippen molar-refractivity contribution < 1.29 is 22.4 Å². The van der Waals surface area contributed by atoms with Crippen LogP contribution in [-0.2, 0) is 26.2 Å². The van der Waals surface area contributed by atoms with Crippen LogP contribution in [0.5, 0.6) is 0 Å². The van der Waals surface area contributed by atoms with Gasteiger partial charge in [-0.1, -0.05) is 48.2 Å². The van der Waals surface area contributed by atoms with Gasteiger partial charge in [0.25, 0.3) is 0 Å². The van der Waals surface area contributed by atoms with Gasteiger partial charge in [-0.05, 0) is 50.1 Å². The van der Waals surface area contributed by atoms with Gasteiger partial charge < -0.3 is 10.2 Å². The maximum absolute atomic E-state index is 13.8. The van der Waals surface area contributed by atoms with Crippen molar-refractivity contribution in [2.24, 2.45) is 0 Å². The molecular weight excluding hydrogens is 516 g/mol. The van der Waals surface area contributed by atoms with E-state index in [1.165, 1.54) is 23.1 Å². The maximum Gasteiger partial charge on any atom is 0.244 e. The Bertz CT molecular complexity index is 1170. The van der Waals surface area contributed by atoms with Crippen LogP contribution < -0.4 is 9.62 Å². The summed E-state index contributed by atoms with van der Waals surface area (Å²) in [6, 6.07) is 8.93. The molecule has 1 atom stereocenters. The molecule has 0 radical (unpaired) electrons. The van der Waals surface area contributed by atoms with Gasteiger partial charge >= 0.3 is 0 Å². The first-order valence-corrected chi connectivity index (χ1v) is 13.8. The third kappa shape index (κ3) is 7.08. The molecule has 0 spiro atoms. The topological polar surface area (TPSA) is 86.8 Å². The van der Waals surface area contributed by atoms with Crippen molar-refractivity contribution in [1.82, 2.24) is 10.2 Å². The largest absolute Gasteiger partial charge is 0.352 e. The van der Waals surface area contributed by atoms with E-state index in [0.29, 0.717) is 15.6 Å². The molecule has 0 saturated heterocycles. The van der Waals surface area contributed by atoms with Crippen LogP contribution in [0.2, 0.25) is 10.0 Å². The van der Waals surface area contributed by atoms with E-state index in [1.54, 1.807) is 25.1 Å². The summed E-state index contributed by atoms with van der Waals surface area (Å²) in [7, 11) is -3.95. The molecule has 0 heterocycles. The number of rotatable bonds is 9. The number of halogens is 3. The highest BCUT2D eigenvalue weighted by molar-refractivity contribution is 7.92. The highest BCUT2D eigenvalue weighted by Gasteiger charge is 2.32. The van der Waals surface area contributed by atoms with Crippen molar-refractivity contribution in [3.05, 3.63) is 63.9 Å². The lowest BCUT2D eigenvalue weighted by atomic mass is 10.1. The number of nitrogens with zero attached hydrogens (tertiary/aromatic N) is 2. The Hall–Kier alpha value is -2.36. The van der Waals surface area contributed by atoms with Crippen LogP contribution in [0.25, 0.3) is 0 Å². The van der Waals surface area contributed by atoms with E-state index >= 15 is 0 Å². The number of anilines is 1. The van der Waals surface area contributed by atoms with Gasteiger partial charge in [0.2, 0.25) is 21.8 Å². The van der Waals surface area contributed by atoms with Gasteiger partial charge in [0.1, 0.15) is 18.4 Å². The molecular formula is C24H28Cl2FN3O4S. The minimum atomic E-state index is -3.95. The van der Waals surface area contributed by atoms with Crippen molar-refractivity contribution in [2.75, 3.05) is 17.1 Å². The van der Waals surface area contributed by atoms with Crippen LogP contribution in [0.3, 0.4) is 0 Å². The number of benzene rings is 2. The number of amides is 2. The molecule has 1 N–H and O–H groups in total. The highest BCUT2D eigenvalue weighted by atomic mass is 35.5. The normalized spacial score (nSPS) is 15.0. The smallest absolute Gasteiger partial charge is 0.244 e. The van der Waals surface area contributed by atoms with Crippen LogP contribution in [0.15, 0.2) is 42.5 Å². The molecule has 2 aromatic carbocycles. The highest BCUT2D eigenvalue weighted by Crippen LogP contribution is 2.27. The van der Waals surface area contributed by atoms with Crippen molar-refractivity contribution >= 4 is 50.7 Å². The molecule has 1 aliphatic carbocycles. The number of carbonyl (C=O) groups is 2. The summed E-state index contributed by atoms with van der Waals surface area (Å²) in [5.41, 5.74) is 0.431.